The minimum atomic E-state index is -0.450. The molecule has 2 amide bonds. The number of benzene rings is 2. The lowest BCUT2D eigenvalue weighted by molar-refractivity contribution is 0.0954. The van der Waals surface area contributed by atoms with E-state index in [-0.39, 0.29) is 23.0 Å². The minimum absolute atomic E-state index is 0.216. The lowest BCUT2D eigenvalue weighted by Crippen LogP contribution is -2.23. The third kappa shape index (κ3) is 4.50. The van der Waals surface area contributed by atoms with Crippen LogP contribution in [0.2, 0.25) is 0 Å². The topological polar surface area (TPSA) is 83.1 Å². The highest BCUT2D eigenvalue weighted by molar-refractivity contribution is 6.08. The van der Waals surface area contributed by atoms with Gasteiger partial charge in [0.05, 0.1) is 11.3 Å². The van der Waals surface area contributed by atoms with Crippen molar-refractivity contribution in [3.8, 4) is 0 Å². The highest BCUT2D eigenvalue weighted by Crippen LogP contribution is 2.22. The number of pyridine rings is 1. The van der Waals surface area contributed by atoms with Gasteiger partial charge in [0.2, 0.25) is 0 Å². The predicted octanol–water partition coefficient (Wildman–Crippen LogP) is 3.97. The monoisotopic (exact) mass is 378 g/mol. The predicted molar refractivity (Wildman–Crippen MR) is 106 cm³/mol. The van der Waals surface area contributed by atoms with E-state index in [0.717, 1.165) is 0 Å². The first-order chi connectivity index (χ1) is 13.6. The number of carbonyl (C=O) groups excluding carboxylic acids is 2. The molecule has 7 heteroatoms. The molecular formula is C21H19FN4O2. The van der Waals surface area contributed by atoms with Gasteiger partial charge in [0.1, 0.15) is 11.6 Å². The van der Waals surface area contributed by atoms with E-state index in [1.54, 1.807) is 54.6 Å². The van der Waals surface area contributed by atoms with Crippen molar-refractivity contribution in [2.45, 2.75) is 6.92 Å². The van der Waals surface area contributed by atoms with Gasteiger partial charge in [-0.3, -0.25) is 9.59 Å². The molecule has 0 saturated carbocycles. The third-order valence-electron chi connectivity index (χ3n) is 3.90. The Bertz CT molecular complexity index is 1010. The van der Waals surface area contributed by atoms with Crippen LogP contribution >= 0.6 is 0 Å². The number of amides is 2. The zero-order valence-electron chi connectivity index (χ0n) is 15.2. The van der Waals surface area contributed by atoms with Crippen LogP contribution in [0.15, 0.2) is 66.9 Å². The summed E-state index contributed by atoms with van der Waals surface area (Å²) in [4.78, 5) is 28.8. The molecule has 0 saturated heterocycles. The van der Waals surface area contributed by atoms with E-state index in [2.05, 4.69) is 20.9 Å². The van der Waals surface area contributed by atoms with E-state index in [9.17, 15) is 14.0 Å². The van der Waals surface area contributed by atoms with Gasteiger partial charge >= 0.3 is 0 Å². The Kier molecular flexibility index (Phi) is 5.96. The van der Waals surface area contributed by atoms with Gasteiger partial charge in [-0.1, -0.05) is 18.2 Å². The number of aromatic nitrogens is 1. The van der Waals surface area contributed by atoms with E-state index in [1.165, 1.54) is 12.3 Å². The Balaban J connectivity index is 1.81. The van der Waals surface area contributed by atoms with Gasteiger partial charge < -0.3 is 16.0 Å². The Hall–Kier alpha value is -3.74. The number of nitrogens with one attached hydrogen (secondary N) is 3. The lowest BCUT2D eigenvalue weighted by atomic mass is 10.1. The van der Waals surface area contributed by atoms with Crippen LogP contribution < -0.4 is 16.0 Å². The first-order valence-corrected chi connectivity index (χ1v) is 8.74. The number of hydrogen-bond donors (Lipinski definition) is 3. The van der Waals surface area contributed by atoms with Crippen LogP contribution in [0.1, 0.15) is 27.6 Å². The van der Waals surface area contributed by atoms with E-state index >= 15 is 0 Å². The molecule has 0 atom stereocenters. The third-order valence-corrected chi connectivity index (χ3v) is 3.90. The van der Waals surface area contributed by atoms with E-state index < -0.39 is 11.7 Å². The molecule has 0 aliphatic carbocycles. The number of hydrogen-bond acceptors (Lipinski definition) is 4. The number of carbonyl (C=O) groups is 2. The summed E-state index contributed by atoms with van der Waals surface area (Å²) in [7, 11) is 0. The van der Waals surface area contributed by atoms with Gasteiger partial charge in [0.15, 0.2) is 0 Å². The van der Waals surface area contributed by atoms with Crippen LogP contribution in [0.3, 0.4) is 0 Å². The van der Waals surface area contributed by atoms with Crippen molar-refractivity contribution in [1.82, 2.24) is 10.3 Å². The van der Waals surface area contributed by atoms with Gasteiger partial charge in [0, 0.05) is 24.0 Å². The number of halogens is 1. The van der Waals surface area contributed by atoms with Crippen molar-refractivity contribution in [2.24, 2.45) is 0 Å². The van der Waals surface area contributed by atoms with Gasteiger partial charge in [0.25, 0.3) is 11.8 Å². The molecule has 0 radical (unpaired) electrons. The first kappa shape index (κ1) is 19.0. The molecule has 0 fully saturated rings. The summed E-state index contributed by atoms with van der Waals surface area (Å²) in [6.45, 7) is 2.34. The van der Waals surface area contributed by atoms with E-state index in [0.29, 0.717) is 17.8 Å². The molecule has 28 heavy (non-hydrogen) atoms. The summed E-state index contributed by atoms with van der Waals surface area (Å²) < 4.78 is 13.9. The summed E-state index contributed by atoms with van der Waals surface area (Å²) in [6.07, 6.45) is 1.51. The molecule has 2 aromatic carbocycles. The maximum absolute atomic E-state index is 13.9. The molecule has 142 valence electrons. The van der Waals surface area contributed by atoms with Gasteiger partial charge in [-0.25, -0.2) is 9.37 Å². The summed E-state index contributed by atoms with van der Waals surface area (Å²) in [5.74, 6) is -0.874. The average Bonchev–Trinajstić information content (AvgIpc) is 2.70. The highest BCUT2D eigenvalue weighted by Gasteiger charge is 2.15. The maximum atomic E-state index is 13.9. The largest absolute Gasteiger partial charge is 0.352 e. The number of anilines is 3. The minimum Gasteiger partial charge on any atom is -0.352 e. The fraction of sp³-hybridized carbons (Fsp3) is 0.0952. The SMILES string of the molecule is CCNC(=O)c1cccc(NC(=O)c2cccnc2Nc2ccccc2F)c1. The van der Waals surface area contributed by atoms with Gasteiger partial charge in [-0.15, -0.1) is 0 Å². The van der Waals surface area contributed by atoms with Gasteiger partial charge in [-0.05, 0) is 49.4 Å². The van der Waals surface area contributed by atoms with Crippen LogP contribution in [-0.2, 0) is 0 Å². The normalized spacial score (nSPS) is 10.2. The fourth-order valence-electron chi connectivity index (χ4n) is 2.58. The molecular weight excluding hydrogens is 359 g/mol. The Morgan fingerprint density at radius 2 is 1.82 bits per heavy atom. The summed E-state index contributed by atoms with van der Waals surface area (Å²) in [6, 6.07) is 15.9. The van der Waals surface area contributed by atoms with Crippen molar-refractivity contribution < 1.29 is 14.0 Å². The lowest BCUT2D eigenvalue weighted by Gasteiger charge is -2.12. The van der Waals surface area contributed by atoms with Crippen LogP contribution in [0.5, 0.6) is 0 Å². The maximum Gasteiger partial charge on any atom is 0.259 e. The molecule has 0 aliphatic heterocycles. The zero-order valence-corrected chi connectivity index (χ0v) is 15.2. The van der Waals surface area contributed by atoms with E-state index in [1.807, 2.05) is 6.92 Å². The fourth-order valence-corrected chi connectivity index (χ4v) is 2.58. The van der Waals surface area contributed by atoms with Crippen LogP contribution in [0.4, 0.5) is 21.6 Å². The van der Waals surface area contributed by atoms with Crippen molar-refractivity contribution in [3.05, 3.63) is 83.8 Å². The molecule has 3 rings (SSSR count). The van der Waals surface area contributed by atoms with Crippen LogP contribution in [-0.4, -0.2) is 23.3 Å². The van der Waals surface area contributed by atoms with E-state index in [4.69, 9.17) is 0 Å². The molecule has 1 aromatic heterocycles. The summed E-state index contributed by atoms with van der Waals surface area (Å²) >= 11 is 0. The zero-order chi connectivity index (χ0) is 19.9. The van der Waals surface area contributed by atoms with Gasteiger partial charge in [-0.2, -0.15) is 0 Å². The number of para-hydroxylation sites is 1. The second-order valence-electron chi connectivity index (χ2n) is 5.90. The number of nitrogens with zero attached hydrogens (tertiary/aromatic N) is 1. The molecule has 0 aliphatic rings. The van der Waals surface area contributed by atoms with Crippen molar-refractivity contribution in [3.63, 3.8) is 0 Å². The molecule has 3 aromatic rings. The second kappa shape index (κ2) is 8.77. The van der Waals surface area contributed by atoms with Crippen molar-refractivity contribution in [1.29, 1.82) is 0 Å². The highest BCUT2D eigenvalue weighted by atomic mass is 19.1. The smallest absolute Gasteiger partial charge is 0.259 e. The molecule has 6 nitrogen and oxygen atoms in total. The molecule has 3 N–H and O–H groups in total. The second-order valence-corrected chi connectivity index (χ2v) is 5.90. The Morgan fingerprint density at radius 1 is 1.00 bits per heavy atom. The van der Waals surface area contributed by atoms with Crippen molar-refractivity contribution >= 4 is 29.0 Å². The average molecular weight is 378 g/mol. The molecule has 0 spiro atoms. The summed E-state index contributed by atoms with van der Waals surface area (Å²) in [5.41, 5.74) is 1.37. The van der Waals surface area contributed by atoms with Crippen LogP contribution in [0.25, 0.3) is 0 Å². The quantitative estimate of drug-likeness (QED) is 0.606. The van der Waals surface area contributed by atoms with Crippen LogP contribution in [0, 0.1) is 5.82 Å². The molecule has 1 heterocycles. The molecule has 0 unspecified atom stereocenters. The standard InChI is InChI=1S/C21H19FN4O2/c1-2-23-20(27)14-7-5-8-15(13-14)25-21(28)16-9-6-12-24-19(16)26-18-11-4-3-10-17(18)22/h3-13H,2H2,1H3,(H,23,27)(H,24,26)(H,25,28). The Morgan fingerprint density at radius 3 is 2.61 bits per heavy atom. The number of rotatable bonds is 6. The summed E-state index contributed by atoms with van der Waals surface area (Å²) in [5, 5.41) is 8.30. The molecule has 0 bridgehead atoms. The van der Waals surface area contributed by atoms with Crippen molar-refractivity contribution in [2.75, 3.05) is 17.2 Å². The Labute approximate surface area is 161 Å². The first-order valence-electron chi connectivity index (χ1n) is 8.74.